The van der Waals surface area contributed by atoms with Crippen molar-refractivity contribution in [3.63, 3.8) is 0 Å². The van der Waals surface area contributed by atoms with Gasteiger partial charge in [-0.3, -0.25) is 18.5 Å². The summed E-state index contributed by atoms with van der Waals surface area (Å²) >= 11 is 1.63. The number of amides is 1. The minimum absolute atomic E-state index is 0.0312. The zero-order valence-corrected chi connectivity index (χ0v) is 38.1. The molecular weight excluding hydrogens is 965 g/mol. The minimum atomic E-state index is -3.67. The van der Waals surface area contributed by atoms with E-state index in [1.54, 1.807) is 56.3 Å². The summed E-state index contributed by atoms with van der Waals surface area (Å²) in [4.78, 5) is 44.3. The molecule has 5 aromatic carbocycles. The van der Waals surface area contributed by atoms with Crippen molar-refractivity contribution in [3.8, 4) is 17.4 Å². The van der Waals surface area contributed by atoms with Gasteiger partial charge in [0.15, 0.2) is 11.4 Å². The number of rotatable bonds is 15. The number of fused-ring (bicyclic) bond motifs is 5. The number of phenols is 1. The average molecular weight is 999 g/mol. The number of aromatic nitrogens is 3. The van der Waals surface area contributed by atoms with Gasteiger partial charge in [-0.15, -0.1) is 29.9 Å². The third kappa shape index (κ3) is 11.2. The number of thiazole rings is 1. The van der Waals surface area contributed by atoms with Crippen LogP contribution in [-0.4, -0.2) is 83.7 Å². The number of imidazole rings is 1. The first kappa shape index (κ1) is 48.9. The number of carboxylic acids is 2. The van der Waals surface area contributed by atoms with Gasteiger partial charge in [0, 0.05) is 11.5 Å². The predicted octanol–water partition coefficient (Wildman–Crippen LogP) is 10.1. The van der Waals surface area contributed by atoms with Gasteiger partial charge in [0.05, 0.1) is 80.0 Å². The van der Waals surface area contributed by atoms with Gasteiger partial charge in [-0.1, -0.05) is 28.5 Å². The van der Waals surface area contributed by atoms with Gasteiger partial charge in [0.2, 0.25) is 11.0 Å². The second kappa shape index (κ2) is 20.4. The number of ether oxygens (including phenoxy) is 1. The van der Waals surface area contributed by atoms with Crippen LogP contribution in [0.15, 0.2) is 114 Å². The van der Waals surface area contributed by atoms with Crippen LogP contribution in [0.2, 0.25) is 0 Å². The first-order chi connectivity index (χ1) is 32.8. The Morgan fingerprint density at radius 2 is 1.58 bits per heavy atom. The van der Waals surface area contributed by atoms with E-state index >= 15 is 0 Å². The summed E-state index contributed by atoms with van der Waals surface area (Å²) in [6.07, 6.45) is 0.372. The molecule has 0 aliphatic carbocycles. The van der Waals surface area contributed by atoms with Gasteiger partial charge < -0.3 is 30.9 Å². The van der Waals surface area contributed by atoms with Gasteiger partial charge in [-0.25, -0.2) is 20.0 Å². The molecule has 354 valence electrons. The Bertz CT molecular complexity index is 3570. The molecule has 8 N–H and O–H groups in total. The van der Waals surface area contributed by atoms with Crippen molar-refractivity contribution in [2.24, 2.45) is 36.4 Å². The number of aryl methyl sites for hydroxylation is 1. The van der Waals surface area contributed by atoms with Gasteiger partial charge >= 0.3 is 11.9 Å². The van der Waals surface area contributed by atoms with Crippen LogP contribution in [0.4, 0.5) is 33.6 Å². The molecule has 3 aromatic heterocycles. The lowest BCUT2D eigenvalue weighted by Crippen LogP contribution is -2.15. The lowest BCUT2D eigenvalue weighted by atomic mass is 10.1. The van der Waals surface area contributed by atoms with E-state index in [2.05, 4.69) is 45.7 Å². The fourth-order valence-electron chi connectivity index (χ4n) is 6.60. The van der Waals surface area contributed by atoms with Crippen LogP contribution in [0, 0.1) is 13.8 Å². The van der Waals surface area contributed by atoms with Crippen molar-refractivity contribution in [1.82, 2.24) is 14.4 Å². The van der Waals surface area contributed by atoms with E-state index in [0.717, 1.165) is 11.3 Å². The zero-order chi connectivity index (χ0) is 49.7. The number of hydrogen-bond acceptors (Lipinski definition) is 21. The van der Waals surface area contributed by atoms with Crippen LogP contribution in [-0.2, 0) is 24.3 Å². The maximum Gasteiger partial charge on any atom is 0.335 e. The van der Waals surface area contributed by atoms with Crippen LogP contribution < -0.4 is 10.5 Å². The third-order valence-corrected chi connectivity index (χ3v) is 11.1. The predicted molar refractivity (Wildman–Crippen MR) is 249 cm³/mol. The Morgan fingerprint density at radius 1 is 0.855 bits per heavy atom. The largest absolute Gasteiger partial charge is 0.505 e. The highest BCUT2D eigenvalue weighted by atomic mass is 32.2. The Labute approximate surface area is 395 Å². The number of carbonyl (C=O) groups is 3. The number of aromatic hydroxyl groups is 2. The highest BCUT2D eigenvalue weighted by Gasteiger charge is 2.24. The normalized spacial score (nSPS) is 12.0. The van der Waals surface area contributed by atoms with E-state index in [4.69, 9.17) is 24.6 Å². The number of azo groups is 3. The summed E-state index contributed by atoms with van der Waals surface area (Å²) in [6.45, 7) is 3.03. The number of carbonyl (C=O) groups excluding carboxylic acids is 1. The summed E-state index contributed by atoms with van der Waals surface area (Å²) in [7, 11) is -3.67. The molecule has 24 nitrogen and oxygen atoms in total. The average Bonchev–Trinajstić information content (AvgIpc) is 3.88. The number of pyridine rings is 1. The maximum absolute atomic E-state index is 12.6. The molecule has 0 radical (unpaired) electrons. The van der Waals surface area contributed by atoms with E-state index in [1.165, 1.54) is 40.8 Å². The van der Waals surface area contributed by atoms with Crippen molar-refractivity contribution >= 4 is 123 Å². The SMILES string of the molecule is CS(=O)(=O)O.Cc1cc(N=Nc2c(SOOO)cc3cc(N=Nc4c(C)c(C(N)=O)c5nc6ccccc6n5c4O)ccc3c2O)c(OCCC(=O)O)cc1N=Nc1nc2ccc(C(=O)O)cc2s1. The van der Waals surface area contributed by atoms with Crippen molar-refractivity contribution in [3.05, 3.63) is 101 Å². The molecule has 0 bridgehead atoms. The number of nitrogens with zero attached hydrogens (tertiary/aromatic N) is 9. The molecule has 69 heavy (non-hydrogen) atoms. The minimum Gasteiger partial charge on any atom is -0.505 e. The van der Waals surface area contributed by atoms with Crippen LogP contribution in [0.1, 0.15) is 38.3 Å². The van der Waals surface area contributed by atoms with E-state index in [9.17, 15) is 43.2 Å². The van der Waals surface area contributed by atoms with E-state index in [0.29, 0.717) is 56.2 Å². The summed E-state index contributed by atoms with van der Waals surface area (Å²) in [5.41, 5.74) is 8.97. The van der Waals surface area contributed by atoms with Gasteiger partial charge in [0.25, 0.3) is 16.0 Å². The molecule has 1 amide bonds. The molecule has 0 saturated carbocycles. The molecule has 0 unspecified atom stereocenters. The number of aromatic carboxylic acids is 1. The van der Waals surface area contributed by atoms with Crippen molar-refractivity contribution in [1.29, 1.82) is 0 Å². The number of hydrogen-bond donors (Lipinski definition) is 7. The van der Waals surface area contributed by atoms with Crippen molar-refractivity contribution in [2.75, 3.05) is 12.9 Å². The Morgan fingerprint density at radius 3 is 2.29 bits per heavy atom. The summed E-state index contributed by atoms with van der Waals surface area (Å²) in [5, 5.41) is 81.0. The fourth-order valence-corrected chi connectivity index (χ4v) is 7.93. The smallest absolute Gasteiger partial charge is 0.335 e. The number of nitrogens with two attached hydrogens (primary N) is 1. The molecule has 0 saturated heterocycles. The van der Waals surface area contributed by atoms with Crippen LogP contribution >= 0.6 is 23.4 Å². The quantitative estimate of drug-likeness (QED) is 0.0165. The Balaban J connectivity index is 0.00000134. The highest BCUT2D eigenvalue weighted by molar-refractivity contribution is 7.94. The molecular formula is C42H34N10O14S3. The monoisotopic (exact) mass is 998 g/mol. The van der Waals surface area contributed by atoms with Gasteiger partial charge in [-0.2, -0.15) is 13.5 Å². The van der Waals surface area contributed by atoms with Gasteiger partial charge in [-0.05, 0) is 91.0 Å². The second-order valence-corrected chi connectivity index (χ2v) is 17.6. The van der Waals surface area contributed by atoms with E-state index in [-0.39, 0.29) is 90.9 Å². The molecule has 3 heterocycles. The lowest BCUT2D eigenvalue weighted by Gasteiger charge is -2.12. The number of primary amides is 1. The molecule has 8 aromatic rings. The number of aliphatic carboxylic acids is 1. The number of carboxylic acid groups (broad SMARTS) is 2. The summed E-state index contributed by atoms with van der Waals surface area (Å²) < 4.78 is 38.3. The van der Waals surface area contributed by atoms with Gasteiger partial charge in [0.1, 0.15) is 22.8 Å². The number of phenolic OH excluding ortho intramolecular Hbond substituents is 1. The molecule has 0 aliphatic rings. The van der Waals surface area contributed by atoms with E-state index < -0.39 is 28.0 Å². The fraction of sp³-hybridized carbons (Fsp3) is 0.119. The molecule has 0 fully saturated rings. The first-order valence-corrected chi connectivity index (χ1v) is 22.9. The van der Waals surface area contributed by atoms with Crippen LogP contribution in [0.25, 0.3) is 37.7 Å². The maximum atomic E-state index is 12.6. The molecule has 0 spiro atoms. The zero-order valence-electron chi connectivity index (χ0n) is 35.7. The molecule has 8 rings (SSSR count). The van der Waals surface area contributed by atoms with Crippen molar-refractivity contribution < 1.29 is 67.1 Å². The Hall–Kier alpha value is -8.05. The standard InChI is InChI=1S/C41H30N10O11S2.CH4O3S/c1-18-13-27(29(60-12-11-32(52)53)17-26(18)46-50-41-44-25-10-7-20(40(57)58)15-30(25)63-41)47-49-35-31(64-62-61-59)16-21-14-22(8-9-23(21)36(35)54)45-48-34-19(2)33(37(42)55)38-43-24-5-3-4-6-28(24)51(38)39(34)56;1-5(2,3)4/h3-10,13-17,54,56,59H,11-12H2,1-2H3,(H2,42,55)(H,52,53)(H,57,58);1H3,(H,2,3,4). The summed E-state index contributed by atoms with van der Waals surface area (Å²) in [6, 6.07) is 20.7. The highest BCUT2D eigenvalue weighted by Crippen LogP contribution is 2.46. The Kier molecular flexibility index (Phi) is 14.5. The van der Waals surface area contributed by atoms with Crippen molar-refractivity contribution in [2.45, 2.75) is 25.2 Å². The lowest BCUT2D eigenvalue weighted by molar-refractivity contribution is -0.432. The van der Waals surface area contributed by atoms with Crippen LogP contribution in [0.5, 0.6) is 17.4 Å². The van der Waals surface area contributed by atoms with Crippen LogP contribution in [0.3, 0.4) is 0 Å². The van der Waals surface area contributed by atoms with E-state index in [1.807, 2.05) is 0 Å². The molecule has 0 atom stereocenters. The first-order valence-electron chi connectivity index (χ1n) is 19.5. The number of para-hydroxylation sites is 2. The second-order valence-electron chi connectivity index (χ2n) is 14.4. The number of benzene rings is 5. The summed E-state index contributed by atoms with van der Waals surface area (Å²) in [5.74, 6) is -3.58. The topological polar surface area (TPSA) is 365 Å². The third-order valence-electron chi connectivity index (χ3n) is 9.61. The molecule has 0 aliphatic heterocycles. The molecule has 27 heteroatoms.